The van der Waals surface area contributed by atoms with Gasteiger partial charge in [0, 0.05) is 19.5 Å². The number of benzene rings is 1. The summed E-state index contributed by atoms with van der Waals surface area (Å²) in [5.41, 5.74) is 0.891. The molecule has 1 aromatic rings. The second-order valence-electron chi connectivity index (χ2n) is 7.73. The summed E-state index contributed by atoms with van der Waals surface area (Å²) < 4.78 is 0. The van der Waals surface area contributed by atoms with Crippen LogP contribution in [-0.2, 0) is 9.59 Å². The second kappa shape index (κ2) is 7.89. The third-order valence-corrected chi connectivity index (χ3v) is 6.87. The quantitative estimate of drug-likeness (QED) is 0.760. The molecule has 1 heterocycles. The van der Waals surface area contributed by atoms with E-state index < -0.39 is 0 Å². The molecule has 6 heteroatoms. The largest absolute Gasteiger partial charge is 0.354 e. The summed E-state index contributed by atoms with van der Waals surface area (Å²) in [5.74, 6) is 1.84. The smallest absolute Gasteiger partial charge is 0.293 e. The number of hydrogen-bond donors (Lipinski definition) is 1. The molecule has 142 valence electrons. The van der Waals surface area contributed by atoms with Crippen molar-refractivity contribution in [3.63, 3.8) is 0 Å². The predicted molar refractivity (Wildman–Crippen MR) is 106 cm³/mol. The molecule has 3 amide bonds. The van der Waals surface area contributed by atoms with Gasteiger partial charge in [0.25, 0.3) is 11.1 Å². The lowest BCUT2D eigenvalue weighted by molar-refractivity contribution is -0.124. The van der Waals surface area contributed by atoms with Gasteiger partial charge in [-0.05, 0) is 60.4 Å². The third-order valence-electron chi connectivity index (χ3n) is 5.96. The highest BCUT2D eigenvalue weighted by Crippen LogP contribution is 2.49. The number of carbonyl (C=O) groups excluding carboxylic acids is 3. The van der Waals surface area contributed by atoms with Gasteiger partial charge in [-0.25, -0.2) is 0 Å². The molecule has 0 spiro atoms. The van der Waals surface area contributed by atoms with Gasteiger partial charge >= 0.3 is 0 Å². The molecule has 0 radical (unpaired) electrons. The minimum Gasteiger partial charge on any atom is -0.354 e. The van der Waals surface area contributed by atoms with Gasteiger partial charge in [-0.15, -0.1) is 0 Å². The molecule has 27 heavy (non-hydrogen) atoms. The maximum atomic E-state index is 12.5. The molecule has 3 fully saturated rings. The zero-order chi connectivity index (χ0) is 18.8. The topological polar surface area (TPSA) is 66.5 Å². The zero-order valence-electron chi connectivity index (χ0n) is 15.2. The Kier molecular flexibility index (Phi) is 5.34. The minimum absolute atomic E-state index is 0.0411. The highest BCUT2D eigenvalue weighted by molar-refractivity contribution is 8.18. The molecule has 4 rings (SSSR count). The number of rotatable bonds is 6. The Bertz CT molecular complexity index is 777. The maximum absolute atomic E-state index is 12.5. The Morgan fingerprint density at radius 1 is 1.19 bits per heavy atom. The molecule has 1 aliphatic heterocycles. The van der Waals surface area contributed by atoms with E-state index in [1.54, 1.807) is 6.08 Å². The lowest BCUT2D eigenvalue weighted by atomic mass is 9.86. The molecule has 1 N–H and O–H groups in total. The second-order valence-corrected chi connectivity index (χ2v) is 8.73. The number of nitrogens with one attached hydrogen (secondary N) is 1. The van der Waals surface area contributed by atoms with E-state index in [-0.39, 0.29) is 23.6 Å². The number of hydrogen-bond acceptors (Lipinski definition) is 4. The van der Waals surface area contributed by atoms with Gasteiger partial charge in [-0.2, -0.15) is 0 Å². The van der Waals surface area contributed by atoms with Crippen LogP contribution in [0.25, 0.3) is 6.08 Å². The van der Waals surface area contributed by atoms with Crippen LogP contribution in [0.3, 0.4) is 0 Å². The van der Waals surface area contributed by atoms with Crippen LogP contribution in [0, 0.1) is 17.8 Å². The van der Waals surface area contributed by atoms with Crippen LogP contribution in [-0.4, -0.2) is 35.0 Å². The lowest BCUT2D eigenvalue weighted by Crippen LogP contribution is -2.38. The van der Waals surface area contributed by atoms with Crippen LogP contribution in [0.4, 0.5) is 4.79 Å². The van der Waals surface area contributed by atoms with Gasteiger partial charge in [-0.1, -0.05) is 36.8 Å². The molecule has 2 saturated carbocycles. The van der Waals surface area contributed by atoms with Crippen LogP contribution < -0.4 is 5.32 Å². The number of thioether (sulfide) groups is 1. The summed E-state index contributed by atoms with van der Waals surface area (Å²) in [4.78, 5) is 38.5. The van der Waals surface area contributed by atoms with Crippen molar-refractivity contribution in [2.45, 2.75) is 32.1 Å². The van der Waals surface area contributed by atoms with Crippen molar-refractivity contribution in [3.05, 3.63) is 40.8 Å². The number of imide groups is 1. The van der Waals surface area contributed by atoms with E-state index in [4.69, 9.17) is 0 Å². The van der Waals surface area contributed by atoms with Crippen molar-refractivity contribution in [2.24, 2.45) is 17.8 Å². The molecule has 3 unspecified atom stereocenters. The van der Waals surface area contributed by atoms with E-state index in [1.165, 1.54) is 30.6 Å². The van der Waals surface area contributed by atoms with Gasteiger partial charge in [0.2, 0.25) is 5.91 Å². The van der Waals surface area contributed by atoms with Crippen molar-refractivity contribution in [1.82, 2.24) is 10.2 Å². The van der Waals surface area contributed by atoms with Gasteiger partial charge in [0.1, 0.15) is 0 Å². The fraction of sp³-hybridized carbons (Fsp3) is 0.476. The van der Waals surface area contributed by atoms with Gasteiger partial charge < -0.3 is 5.32 Å². The zero-order valence-corrected chi connectivity index (χ0v) is 16.0. The molecule has 0 aromatic heterocycles. The fourth-order valence-corrected chi connectivity index (χ4v) is 5.50. The van der Waals surface area contributed by atoms with Crippen LogP contribution in [0.2, 0.25) is 0 Å². The number of amides is 3. The number of fused-ring (bicyclic) bond motifs is 2. The van der Waals surface area contributed by atoms with E-state index in [1.807, 2.05) is 30.3 Å². The predicted octanol–water partition coefficient (Wildman–Crippen LogP) is 3.67. The molecule has 2 aliphatic carbocycles. The Morgan fingerprint density at radius 3 is 2.70 bits per heavy atom. The van der Waals surface area contributed by atoms with Crippen molar-refractivity contribution in [1.29, 1.82) is 0 Å². The SMILES string of the molecule is O=C(CC1CC2CCC1C2)NCCN1C(=O)S/C(=C\c2ccccc2)C1=O. The van der Waals surface area contributed by atoms with E-state index in [0.717, 1.165) is 29.2 Å². The Labute approximate surface area is 163 Å². The maximum Gasteiger partial charge on any atom is 0.293 e. The number of carbonyl (C=O) groups is 3. The first kappa shape index (κ1) is 18.3. The molecule has 3 atom stereocenters. The molecule has 3 aliphatic rings. The van der Waals surface area contributed by atoms with Gasteiger partial charge in [0.05, 0.1) is 4.91 Å². The van der Waals surface area contributed by atoms with Crippen LogP contribution in [0.15, 0.2) is 35.2 Å². The molecule has 2 bridgehead atoms. The van der Waals surface area contributed by atoms with E-state index in [2.05, 4.69) is 5.32 Å². The summed E-state index contributed by atoms with van der Waals surface area (Å²) in [6.07, 6.45) is 7.40. The average Bonchev–Trinajstić information content (AvgIpc) is 3.34. The summed E-state index contributed by atoms with van der Waals surface area (Å²) >= 11 is 0.956. The van der Waals surface area contributed by atoms with Gasteiger partial charge in [-0.3, -0.25) is 19.3 Å². The Balaban J connectivity index is 1.26. The first-order valence-corrected chi connectivity index (χ1v) is 10.5. The molecular weight excluding hydrogens is 360 g/mol. The number of nitrogens with zero attached hydrogens (tertiary/aromatic N) is 1. The van der Waals surface area contributed by atoms with Crippen molar-refractivity contribution < 1.29 is 14.4 Å². The molecule has 1 saturated heterocycles. The third kappa shape index (κ3) is 4.10. The van der Waals surface area contributed by atoms with Crippen LogP contribution >= 0.6 is 11.8 Å². The monoisotopic (exact) mass is 384 g/mol. The van der Waals surface area contributed by atoms with E-state index in [0.29, 0.717) is 23.8 Å². The summed E-state index contributed by atoms with van der Waals surface area (Å²) in [7, 11) is 0. The molecular formula is C21H24N2O3S. The minimum atomic E-state index is -0.281. The van der Waals surface area contributed by atoms with Crippen LogP contribution in [0.1, 0.15) is 37.7 Å². The first-order chi connectivity index (χ1) is 13.1. The average molecular weight is 385 g/mol. The Hall–Kier alpha value is -2.08. The highest BCUT2D eigenvalue weighted by atomic mass is 32.2. The van der Waals surface area contributed by atoms with Crippen molar-refractivity contribution in [2.75, 3.05) is 13.1 Å². The van der Waals surface area contributed by atoms with E-state index in [9.17, 15) is 14.4 Å². The van der Waals surface area contributed by atoms with Crippen molar-refractivity contribution in [3.8, 4) is 0 Å². The normalized spacial score (nSPS) is 28.4. The van der Waals surface area contributed by atoms with Crippen LogP contribution in [0.5, 0.6) is 0 Å². The standard InChI is InChI=1S/C21H24N2O3S/c24-19(13-17-11-15-6-7-16(17)10-15)22-8-9-23-20(25)18(27-21(23)26)12-14-4-2-1-3-5-14/h1-5,12,15-17H,6-11,13H2,(H,22,24)/b18-12-. The van der Waals surface area contributed by atoms with Gasteiger partial charge in [0.15, 0.2) is 0 Å². The highest BCUT2D eigenvalue weighted by Gasteiger charge is 2.40. The molecule has 1 aromatic carbocycles. The first-order valence-electron chi connectivity index (χ1n) is 9.67. The van der Waals surface area contributed by atoms with Crippen molar-refractivity contribution >= 4 is 34.9 Å². The summed E-state index contributed by atoms with van der Waals surface area (Å²) in [6.45, 7) is 0.537. The summed E-state index contributed by atoms with van der Waals surface area (Å²) in [5, 5.41) is 2.61. The van der Waals surface area contributed by atoms with E-state index >= 15 is 0 Å². The fourth-order valence-electron chi connectivity index (χ4n) is 4.64. The molecule has 5 nitrogen and oxygen atoms in total. The summed E-state index contributed by atoms with van der Waals surface area (Å²) in [6, 6.07) is 9.47. The lowest BCUT2D eigenvalue weighted by Gasteiger charge is -2.21. The Morgan fingerprint density at radius 2 is 2.00 bits per heavy atom.